The standard InChI is InChI=1S/C25H36N6O4S/c1-5-8-20-22-23(31(4)29-20)25(32)28-24(27-22)19-16-18(10-11-21(19)35-15-6-2)36(33,34)26-13-12-17-9-7-14-30(17)3/h10-11,16-17,26H,5-9,12-15H2,1-4H3,(H,27,28,32)/i1D3,3D3,4D3. The Hall–Kier alpha value is -2.76. The number of hydrogen-bond acceptors (Lipinski definition) is 7. The molecule has 0 saturated carbocycles. The van der Waals surface area contributed by atoms with Gasteiger partial charge in [-0.3, -0.25) is 9.48 Å². The summed E-state index contributed by atoms with van der Waals surface area (Å²) in [6.07, 6.45) is 1.71. The van der Waals surface area contributed by atoms with E-state index in [1.165, 1.54) is 23.1 Å². The summed E-state index contributed by atoms with van der Waals surface area (Å²) in [7, 11) is -4.11. The lowest BCUT2D eigenvalue weighted by molar-refractivity contribution is 0.297. The summed E-state index contributed by atoms with van der Waals surface area (Å²) in [5.41, 5.74) is -1.29. The number of H-pyrrole nitrogens is 1. The highest BCUT2D eigenvalue weighted by Crippen LogP contribution is 2.31. The van der Waals surface area contributed by atoms with Gasteiger partial charge < -0.3 is 14.6 Å². The Kier molecular flexibility index (Phi) is 5.21. The predicted octanol–water partition coefficient (Wildman–Crippen LogP) is 2.83. The number of benzene rings is 1. The fraction of sp³-hybridized carbons (Fsp3) is 0.560. The van der Waals surface area contributed by atoms with Crippen molar-refractivity contribution >= 4 is 21.1 Å². The lowest BCUT2D eigenvalue weighted by Crippen LogP contribution is -2.31. The number of fused-ring (bicyclic) bond motifs is 1. The molecule has 4 rings (SSSR count). The SMILES string of the molecule is [2H]C([2H])([2H])CCc1nn(C([2H])([2H])[2H])c2c(=O)[nH]c(-c3cc(S(=O)(=O)NCCC4CCCN4C([2H])([2H])[2H])ccc3OCCC)nc12. The predicted molar refractivity (Wildman–Crippen MR) is 140 cm³/mol. The molecule has 3 heterocycles. The van der Waals surface area contributed by atoms with Crippen molar-refractivity contribution in [3.05, 3.63) is 34.2 Å². The van der Waals surface area contributed by atoms with Gasteiger partial charge in [0.05, 0.1) is 22.8 Å². The van der Waals surface area contributed by atoms with Crippen LogP contribution in [0, 0.1) is 0 Å². The minimum absolute atomic E-state index is 0.00873. The minimum Gasteiger partial charge on any atom is -0.493 e. The number of likely N-dealkylation sites (tertiary alicyclic amines) is 1. The van der Waals surface area contributed by atoms with Crippen LogP contribution < -0.4 is 15.0 Å². The molecule has 3 aromatic rings. The van der Waals surface area contributed by atoms with Gasteiger partial charge in [-0.1, -0.05) is 20.2 Å². The topological polar surface area (TPSA) is 122 Å². The smallest absolute Gasteiger partial charge is 0.277 e. The van der Waals surface area contributed by atoms with E-state index >= 15 is 0 Å². The highest BCUT2D eigenvalue weighted by Gasteiger charge is 2.23. The van der Waals surface area contributed by atoms with Crippen LogP contribution in [0.15, 0.2) is 27.9 Å². The molecular formula is C25H36N6O4S. The van der Waals surface area contributed by atoms with Crippen molar-refractivity contribution in [2.45, 2.75) is 63.2 Å². The summed E-state index contributed by atoms with van der Waals surface area (Å²) in [5, 5.41) is 4.02. The minimum atomic E-state index is -4.11. The number of hydrogen-bond donors (Lipinski definition) is 2. The first kappa shape index (κ1) is 16.9. The lowest BCUT2D eigenvalue weighted by Gasteiger charge is -2.19. The first-order valence-corrected chi connectivity index (χ1v) is 13.4. The second-order valence-corrected chi connectivity index (χ2v) is 10.4. The Balaban J connectivity index is 1.73. The monoisotopic (exact) mass is 525 g/mol. The van der Waals surface area contributed by atoms with E-state index in [1.807, 2.05) is 6.92 Å². The summed E-state index contributed by atoms with van der Waals surface area (Å²) >= 11 is 0. The molecule has 0 radical (unpaired) electrons. The average molecular weight is 526 g/mol. The van der Waals surface area contributed by atoms with Gasteiger partial charge in [0, 0.05) is 31.9 Å². The lowest BCUT2D eigenvalue weighted by atomic mass is 10.1. The van der Waals surface area contributed by atoms with Crippen LogP contribution in [0.1, 0.15) is 63.9 Å². The zero-order valence-electron chi connectivity index (χ0n) is 29.0. The highest BCUT2D eigenvalue weighted by atomic mass is 32.2. The van der Waals surface area contributed by atoms with Crippen molar-refractivity contribution < 1.29 is 25.5 Å². The third-order valence-electron chi connectivity index (χ3n) is 6.09. The third-order valence-corrected chi connectivity index (χ3v) is 7.55. The van der Waals surface area contributed by atoms with E-state index in [0.29, 0.717) is 36.9 Å². The maximum Gasteiger partial charge on any atom is 0.277 e. The van der Waals surface area contributed by atoms with Gasteiger partial charge in [-0.05, 0) is 63.8 Å². The Bertz CT molecular complexity index is 1680. The van der Waals surface area contributed by atoms with Crippen molar-refractivity contribution in [3.8, 4) is 17.1 Å². The molecule has 0 amide bonds. The van der Waals surface area contributed by atoms with Gasteiger partial charge >= 0.3 is 0 Å². The van der Waals surface area contributed by atoms with Crippen LogP contribution >= 0.6 is 0 Å². The number of aromatic amines is 1. The van der Waals surface area contributed by atoms with Crippen molar-refractivity contribution in [2.24, 2.45) is 6.98 Å². The maximum absolute atomic E-state index is 13.3. The van der Waals surface area contributed by atoms with Crippen LogP contribution in [0.4, 0.5) is 0 Å². The molecule has 1 fully saturated rings. The molecule has 11 heteroatoms. The molecule has 36 heavy (non-hydrogen) atoms. The Morgan fingerprint density at radius 3 is 2.97 bits per heavy atom. The molecule has 1 aliphatic heterocycles. The Morgan fingerprint density at radius 1 is 1.31 bits per heavy atom. The molecule has 1 atom stereocenters. The van der Waals surface area contributed by atoms with Gasteiger partial charge in [-0.15, -0.1) is 0 Å². The largest absolute Gasteiger partial charge is 0.493 e. The van der Waals surface area contributed by atoms with Gasteiger partial charge in [-0.25, -0.2) is 18.1 Å². The van der Waals surface area contributed by atoms with E-state index in [9.17, 15) is 13.2 Å². The molecule has 0 aliphatic carbocycles. The van der Waals surface area contributed by atoms with Crippen LogP contribution in [0.5, 0.6) is 5.75 Å². The zero-order chi connectivity index (χ0) is 33.4. The van der Waals surface area contributed by atoms with Gasteiger partial charge in [0.2, 0.25) is 10.0 Å². The van der Waals surface area contributed by atoms with Crippen LogP contribution in [-0.2, 0) is 23.4 Å². The van der Waals surface area contributed by atoms with E-state index in [4.69, 9.17) is 17.1 Å². The molecule has 2 aromatic heterocycles. The molecule has 1 saturated heterocycles. The van der Waals surface area contributed by atoms with Gasteiger partial charge in [-0.2, -0.15) is 5.10 Å². The summed E-state index contributed by atoms with van der Waals surface area (Å²) in [5.74, 6) is 0.0694. The second kappa shape index (κ2) is 11.1. The first-order chi connectivity index (χ1) is 20.8. The number of aromatic nitrogens is 4. The zero-order valence-corrected chi connectivity index (χ0v) is 20.8. The number of aryl methyl sites for hydroxylation is 2. The van der Waals surface area contributed by atoms with E-state index in [-0.39, 0.29) is 70.8 Å². The number of nitrogens with zero attached hydrogens (tertiary/aromatic N) is 4. The Labute approximate surface area is 224 Å². The second-order valence-electron chi connectivity index (χ2n) is 8.65. The molecule has 1 unspecified atom stereocenters. The number of rotatable bonds is 11. The van der Waals surface area contributed by atoms with Crippen molar-refractivity contribution in [2.75, 3.05) is 26.7 Å². The quantitative estimate of drug-likeness (QED) is 0.395. The van der Waals surface area contributed by atoms with Crippen LogP contribution in [-0.4, -0.2) is 65.8 Å². The fourth-order valence-corrected chi connectivity index (χ4v) is 5.35. The molecule has 1 aromatic carbocycles. The summed E-state index contributed by atoms with van der Waals surface area (Å²) in [4.78, 5) is 21.5. The van der Waals surface area contributed by atoms with Gasteiger partial charge in [0.15, 0.2) is 5.52 Å². The maximum atomic E-state index is 13.3. The normalized spacial score (nSPS) is 21.5. The number of ether oxygens (including phenoxy) is 1. The summed E-state index contributed by atoms with van der Waals surface area (Å²) < 4.78 is 105. The first-order valence-electron chi connectivity index (χ1n) is 16.4. The van der Waals surface area contributed by atoms with Crippen molar-refractivity contribution in [1.29, 1.82) is 0 Å². The van der Waals surface area contributed by atoms with Crippen LogP contribution in [0.25, 0.3) is 22.4 Å². The average Bonchev–Trinajstić information content (AvgIpc) is 3.55. The number of sulfonamides is 1. The van der Waals surface area contributed by atoms with Crippen molar-refractivity contribution in [3.63, 3.8) is 0 Å². The molecule has 0 spiro atoms. The van der Waals surface area contributed by atoms with Crippen LogP contribution in [0.2, 0.25) is 0 Å². The van der Waals surface area contributed by atoms with Gasteiger partial charge in [0.1, 0.15) is 17.1 Å². The molecule has 10 nitrogen and oxygen atoms in total. The van der Waals surface area contributed by atoms with Gasteiger partial charge in [0.25, 0.3) is 5.56 Å². The Morgan fingerprint density at radius 2 is 2.19 bits per heavy atom. The van der Waals surface area contributed by atoms with E-state index < -0.39 is 36.4 Å². The molecule has 196 valence electrons. The van der Waals surface area contributed by atoms with E-state index in [1.54, 1.807) is 0 Å². The number of nitrogens with one attached hydrogen (secondary N) is 2. The van der Waals surface area contributed by atoms with E-state index in [0.717, 1.165) is 0 Å². The molecule has 1 aliphatic rings. The summed E-state index contributed by atoms with van der Waals surface area (Å²) in [6.45, 7) is -4.94. The molecule has 2 N–H and O–H groups in total. The third kappa shape index (κ3) is 5.47. The van der Waals surface area contributed by atoms with E-state index in [2.05, 4.69) is 19.8 Å². The van der Waals surface area contributed by atoms with Crippen molar-refractivity contribution in [1.82, 2.24) is 29.4 Å². The summed E-state index contributed by atoms with van der Waals surface area (Å²) in [6, 6.07) is 3.71. The fourth-order valence-electron chi connectivity index (χ4n) is 4.28. The molecular weight excluding hydrogens is 480 g/mol. The highest BCUT2D eigenvalue weighted by molar-refractivity contribution is 7.89. The van der Waals surface area contributed by atoms with Crippen LogP contribution in [0.3, 0.4) is 0 Å². The molecule has 0 bridgehead atoms.